The number of hydrogen-bond donors (Lipinski definition) is 2. The third-order valence-electron chi connectivity index (χ3n) is 5.38. The van der Waals surface area contributed by atoms with Crippen LogP contribution >= 0.6 is 0 Å². The van der Waals surface area contributed by atoms with Crippen LogP contribution in [-0.4, -0.2) is 39.2 Å². The van der Waals surface area contributed by atoms with Crippen molar-refractivity contribution in [1.29, 1.82) is 0 Å². The number of nitrogens with zero attached hydrogens (tertiary/aromatic N) is 2. The highest BCUT2D eigenvalue weighted by Gasteiger charge is 2.35. The van der Waals surface area contributed by atoms with Crippen LogP contribution in [0.25, 0.3) is 0 Å². The fourth-order valence-electron chi connectivity index (χ4n) is 3.68. The van der Waals surface area contributed by atoms with E-state index in [2.05, 4.69) is 15.0 Å². The summed E-state index contributed by atoms with van der Waals surface area (Å²) in [7, 11) is -3.77. The molecular formula is C22H24N4O4S. The van der Waals surface area contributed by atoms with Gasteiger partial charge in [-0.15, -0.1) is 0 Å². The number of rotatable bonds is 5. The van der Waals surface area contributed by atoms with Crippen molar-refractivity contribution in [3.63, 3.8) is 0 Å². The largest absolute Gasteiger partial charge is 0.326 e. The average Bonchev–Trinajstić information content (AvgIpc) is 3.38. The smallest absolute Gasteiger partial charge is 0.262 e. The highest BCUT2D eigenvalue weighted by atomic mass is 32.2. The van der Waals surface area contributed by atoms with Crippen LogP contribution < -0.4 is 14.9 Å². The molecule has 0 aromatic heterocycles. The number of amidine groups is 1. The van der Waals surface area contributed by atoms with Gasteiger partial charge in [-0.05, 0) is 43.7 Å². The normalized spacial score (nSPS) is 18.7. The fourth-order valence-corrected chi connectivity index (χ4v) is 4.81. The van der Waals surface area contributed by atoms with Gasteiger partial charge in [-0.1, -0.05) is 23.8 Å². The number of aryl methyl sites for hydroxylation is 1. The minimum absolute atomic E-state index is 0.0451. The number of carbonyl (C=O) groups excluding carboxylic acids is 2. The van der Waals surface area contributed by atoms with Crippen molar-refractivity contribution in [1.82, 2.24) is 4.72 Å². The summed E-state index contributed by atoms with van der Waals surface area (Å²) in [5.41, 5.74) is 2.22. The van der Waals surface area contributed by atoms with Crippen LogP contribution in [0.4, 0.5) is 11.4 Å². The molecule has 2 aromatic carbocycles. The molecule has 0 spiro atoms. The highest BCUT2D eigenvalue weighted by molar-refractivity contribution is 7.90. The molecule has 2 N–H and O–H groups in total. The lowest BCUT2D eigenvalue weighted by molar-refractivity contribution is -0.122. The number of amides is 2. The van der Waals surface area contributed by atoms with Crippen molar-refractivity contribution in [3.05, 3.63) is 54.1 Å². The zero-order chi connectivity index (χ0) is 22.0. The number of anilines is 2. The monoisotopic (exact) mass is 440 g/mol. The van der Waals surface area contributed by atoms with Gasteiger partial charge in [0.15, 0.2) is 0 Å². The van der Waals surface area contributed by atoms with Crippen molar-refractivity contribution < 1.29 is 18.0 Å². The molecular weight excluding hydrogens is 416 g/mol. The molecule has 2 aliphatic heterocycles. The zero-order valence-corrected chi connectivity index (χ0v) is 18.0. The Bertz CT molecular complexity index is 1140. The lowest BCUT2D eigenvalue weighted by Gasteiger charge is -2.17. The minimum atomic E-state index is -3.77. The third kappa shape index (κ3) is 4.77. The zero-order valence-electron chi connectivity index (χ0n) is 17.2. The number of benzene rings is 2. The first kappa shape index (κ1) is 21.0. The molecule has 1 atom stereocenters. The Balaban J connectivity index is 1.43. The van der Waals surface area contributed by atoms with Crippen molar-refractivity contribution >= 4 is 39.0 Å². The van der Waals surface area contributed by atoms with E-state index >= 15 is 0 Å². The first-order valence-corrected chi connectivity index (χ1v) is 11.6. The SMILES string of the molecule is Cc1ccc(N2C[C@@H](C(=O)Nc3cccc(S(=O)(=O)NC4=NCCC4)c3)CC2=O)cc1. The standard InChI is InChI=1S/C22H24N4O4S/c1-15-7-9-18(10-8-15)26-14-16(12-21(26)27)22(28)24-17-4-2-5-19(13-17)31(29,30)25-20-6-3-11-23-20/h2,4-5,7-10,13,16H,3,6,11-12,14H2,1H3,(H,23,25)(H,24,28)/t16-/m0/s1. The van der Waals surface area contributed by atoms with Crippen LogP contribution in [0, 0.1) is 12.8 Å². The maximum atomic E-state index is 12.8. The second kappa shape index (κ2) is 8.50. The van der Waals surface area contributed by atoms with Crippen molar-refractivity contribution in [2.75, 3.05) is 23.3 Å². The molecule has 0 unspecified atom stereocenters. The van der Waals surface area contributed by atoms with Gasteiger partial charge in [0.25, 0.3) is 10.0 Å². The van der Waals surface area contributed by atoms with Gasteiger partial charge in [0.2, 0.25) is 11.8 Å². The van der Waals surface area contributed by atoms with Crippen molar-refractivity contribution in [3.8, 4) is 0 Å². The van der Waals surface area contributed by atoms with E-state index in [1.807, 2.05) is 31.2 Å². The lowest BCUT2D eigenvalue weighted by atomic mass is 10.1. The van der Waals surface area contributed by atoms with E-state index in [1.165, 1.54) is 12.1 Å². The number of nitrogens with one attached hydrogen (secondary N) is 2. The van der Waals surface area contributed by atoms with Gasteiger partial charge >= 0.3 is 0 Å². The van der Waals surface area contributed by atoms with Crippen LogP contribution in [0.15, 0.2) is 58.4 Å². The molecule has 2 amide bonds. The van der Waals surface area contributed by atoms with Crippen LogP contribution in [0.3, 0.4) is 0 Å². The first-order chi connectivity index (χ1) is 14.8. The Morgan fingerprint density at radius 3 is 2.65 bits per heavy atom. The summed E-state index contributed by atoms with van der Waals surface area (Å²) in [5, 5.41) is 2.75. The average molecular weight is 441 g/mol. The van der Waals surface area contributed by atoms with E-state index in [0.29, 0.717) is 24.5 Å². The van der Waals surface area contributed by atoms with Crippen LogP contribution in [0.5, 0.6) is 0 Å². The Morgan fingerprint density at radius 1 is 1.16 bits per heavy atom. The Labute approximate surface area is 181 Å². The highest BCUT2D eigenvalue weighted by Crippen LogP contribution is 2.26. The Kier molecular flexibility index (Phi) is 5.77. The van der Waals surface area contributed by atoms with Gasteiger partial charge in [-0.2, -0.15) is 0 Å². The maximum absolute atomic E-state index is 12.8. The molecule has 9 heteroatoms. The first-order valence-electron chi connectivity index (χ1n) is 10.2. The van der Waals surface area contributed by atoms with E-state index in [-0.39, 0.29) is 29.7 Å². The van der Waals surface area contributed by atoms with Crippen molar-refractivity contribution in [2.45, 2.75) is 31.1 Å². The molecule has 2 aromatic rings. The summed E-state index contributed by atoms with van der Waals surface area (Å²) in [6.45, 7) is 2.87. The van der Waals surface area contributed by atoms with Crippen LogP contribution in [0.1, 0.15) is 24.8 Å². The number of sulfonamides is 1. The second-order valence-electron chi connectivity index (χ2n) is 7.80. The summed E-state index contributed by atoms with van der Waals surface area (Å²) in [4.78, 5) is 31.0. The number of aliphatic imine (C=N–C) groups is 1. The lowest BCUT2D eigenvalue weighted by Crippen LogP contribution is -2.29. The van der Waals surface area contributed by atoms with Crippen LogP contribution in [0.2, 0.25) is 0 Å². The molecule has 0 aliphatic carbocycles. The van der Waals surface area contributed by atoms with E-state index in [1.54, 1.807) is 17.0 Å². The third-order valence-corrected chi connectivity index (χ3v) is 6.76. The summed E-state index contributed by atoms with van der Waals surface area (Å²) in [6, 6.07) is 13.6. The van der Waals surface area contributed by atoms with Crippen LogP contribution in [-0.2, 0) is 19.6 Å². The predicted octanol–water partition coefficient (Wildman–Crippen LogP) is 2.46. The molecule has 162 valence electrons. The van der Waals surface area contributed by atoms with Gasteiger partial charge in [-0.3, -0.25) is 19.3 Å². The molecule has 31 heavy (non-hydrogen) atoms. The number of carbonyl (C=O) groups is 2. The minimum Gasteiger partial charge on any atom is -0.326 e. The van der Waals surface area contributed by atoms with Gasteiger partial charge < -0.3 is 10.2 Å². The molecule has 1 fully saturated rings. The fraction of sp³-hybridized carbons (Fsp3) is 0.318. The molecule has 0 bridgehead atoms. The van der Waals surface area contributed by atoms with Gasteiger partial charge in [0, 0.05) is 37.3 Å². The maximum Gasteiger partial charge on any atom is 0.262 e. The van der Waals surface area contributed by atoms with E-state index in [0.717, 1.165) is 17.7 Å². The predicted molar refractivity (Wildman–Crippen MR) is 119 cm³/mol. The Hall–Kier alpha value is -3.20. The molecule has 0 radical (unpaired) electrons. The van der Waals surface area contributed by atoms with Crippen molar-refractivity contribution in [2.24, 2.45) is 10.9 Å². The van der Waals surface area contributed by atoms with E-state index in [9.17, 15) is 18.0 Å². The summed E-state index contributed by atoms with van der Waals surface area (Å²) >= 11 is 0. The molecule has 2 aliphatic rings. The van der Waals surface area contributed by atoms with Gasteiger partial charge in [0.05, 0.1) is 10.8 Å². The Morgan fingerprint density at radius 2 is 1.94 bits per heavy atom. The molecule has 0 saturated carbocycles. The molecule has 8 nitrogen and oxygen atoms in total. The van der Waals surface area contributed by atoms with E-state index < -0.39 is 15.9 Å². The summed E-state index contributed by atoms with van der Waals surface area (Å²) in [5.74, 6) is -0.484. The quantitative estimate of drug-likeness (QED) is 0.744. The summed E-state index contributed by atoms with van der Waals surface area (Å²) < 4.78 is 27.7. The second-order valence-corrected chi connectivity index (χ2v) is 9.48. The topological polar surface area (TPSA) is 108 Å². The van der Waals surface area contributed by atoms with E-state index in [4.69, 9.17) is 0 Å². The van der Waals surface area contributed by atoms with Gasteiger partial charge in [0.1, 0.15) is 5.84 Å². The molecule has 1 saturated heterocycles. The molecule has 4 rings (SSSR count). The number of hydrogen-bond acceptors (Lipinski definition) is 5. The molecule has 2 heterocycles. The summed E-state index contributed by atoms with van der Waals surface area (Å²) in [6.07, 6.45) is 1.54. The van der Waals surface area contributed by atoms with Gasteiger partial charge in [-0.25, -0.2) is 8.42 Å².